The van der Waals surface area contributed by atoms with Crippen LogP contribution in [0.3, 0.4) is 0 Å². The fraction of sp³-hybridized carbons (Fsp3) is 0.188. The molecule has 1 aliphatic rings. The fourth-order valence-electron chi connectivity index (χ4n) is 2.56. The summed E-state index contributed by atoms with van der Waals surface area (Å²) < 4.78 is 13.4. The maximum absolute atomic E-state index is 13.4. The summed E-state index contributed by atoms with van der Waals surface area (Å²) in [4.78, 5) is 2.10. The van der Waals surface area contributed by atoms with Gasteiger partial charge in [0.15, 0.2) is 0 Å². The molecule has 2 aromatic carbocycles. The highest BCUT2D eigenvalue weighted by Crippen LogP contribution is 2.35. The Morgan fingerprint density at radius 2 is 2.05 bits per heavy atom. The Morgan fingerprint density at radius 3 is 2.79 bits per heavy atom. The largest absolute Gasteiger partial charge is 0.341 e. The van der Waals surface area contributed by atoms with Gasteiger partial charge in [-0.05, 0) is 54.8 Å². The predicted octanol–water partition coefficient (Wildman–Crippen LogP) is 3.70. The molecule has 0 aliphatic carbocycles. The van der Waals surface area contributed by atoms with Crippen molar-refractivity contribution >= 4 is 11.4 Å². The Morgan fingerprint density at radius 1 is 1.21 bits per heavy atom. The quantitative estimate of drug-likeness (QED) is 0.773. The molecule has 0 amide bonds. The average molecular weight is 252 g/mol. The molecule has 0 fully saturated rings. The Balaban J connectivity index is 2.04. The van der Waals surface area contributed by atoms with Crippen molar-refractivity contribution in [3.05, 3.63) is 58.9 Å². The van der Waals surface area contributed by atoms with Gasteiger partial charge in [0.2, 0.25) is 0 Å². The Kier molecular flexibility index (Phi) is 2.72. The Hall–Kier alpha value is -2.34. The van der Waals surface area contributed by atoms with Crippen molar-refractivity contribution in [1.29, 1.82) is 5.26 Å². The summed E-state index contributed by atoms with van der Waals surface area (Å²) in [6.45, 7) is 2.77. The molecule has 0 N–H and O–H groups in total. The van der Waals surface area contributed by atoms with Crippen molar-refractivity contribution in [1.82, 2.24) is 0 Å². The lowest BCUT2D eigenvalue weighted by molar-refractivity contribution is 0.628. The number of rotatable bonds is 1. The lowest BCUT2D eigenvalue weighted by Gasteiger charge is -2.20. The van der Waals surface area contributed by atoms with E-state index in [1.807, 2.05) is 31.2 Å². The summed E-state index contributed by atoms with van der Waals surface area (Å²) in [7, 11) is 0. The molecule has 19 heavy (non-hydrogen) atoms. The van der Waals surface area contributed by atoms with Crippen LogP contribution in [0.5, 0.6) is 0 Å². The molecular weight excluding hydrogens is 239 g/mol. The average Bonchev–Trinajstić information content (AvgIpc) is 2.81. The third kappa shape index (κ3) is 1.96. The highest BCUT2D eigenvalue weighted by Gasteiger charge is 2.21. The second kappa shape index (κ2) is 4.40. The minimum atomic E-state index is -0.212. The van der Waals surface area contributed by atoms with Crippen LogP contribution in [0, 0.1) is 24.1 Å². The lowest BCUT2D eigenvalue weighted by atomic mass is 10.1. The minimum Gasteiger partial charge on any atom is -0.341 e. The standard InChI is InChI=1S/C16H13FN2/c1-11-8-15(5-3-13(11)10-18)19-7-6-12-2-4-14(17)9-16(12)19/h2-5,8-9H,6-7H2,1H3. The third-order valence-electron chi connectivity index (χ3n) is 3.59. The van der Waals surface area contributed by atoms with Gasteiger partial charge in [-0.3, -0.25) is 0 Å². The molecular formula is C16H13FN2. The molecule has 3 heteroatoms. The minimum absolute atomic E-state index is 0.212. The van der Waals surface area contributed by atoms with Crippen LogP contribution in [0.25, 0.3) is 0 Å². The Labute approximate surface area is 111 Å². The van der Waals surface area contributed by atoms with Gasteiger partial charge in [-0.15, -0.1) is 0 Å². The lowest BCUT2D eigenvalue weighted by Crippen LogP contribution is -2.13. The van der Waals surface area contributed by atoms with Gasteiger partial charge < -0.3 is 4.90 Å². The number of hydrogen-bond acceptors (Lipinski definition) is 2. The van der Waals surface area contributed by atoms with Gasteiger partial charge in [0.1, 0.15) is 5.82 Å². The summed E-state index contributed by atoms with van der Waals surface area (Å²) >= 11 is 0. The fourth-order valence-corrected chi connectivity index (χ4v) is 2.56. The molecule has 0 bridgehead atoms. The number of fused-ring (bicyclic) bond motifs is 1. The molecule has 0 saturated heterocycles. The predicted molar refractivity (Wildman–Crippen MR) is 73.0 cm³/mol. The van der Waals surface area contributed by atoms with E-state index in [-0.39, 0.29) is 5.82 Å². The molecule has 1 aliphatic heterocycles. The van der Waals surface area contributed by atoms with E-state index in [0.717, 1.165) is 29.9 Å². The molecule has 0 atom stereocenters. The monoisotopic (exact) mass is 252 g/mol. The maximum Gasteiger partial charge on any atom is 0.125 e. The molecule has 1 heterocycles. The molecule has 0 saturated carbocycles. The van der Waals surface area contributed by atoms with E-state index < -0.39 is 0 Å². The van der Waals surface area contributed by atoms with E-state index in [0.29, 0.717) is 5.56 Å². The number of aryl methyl sites for hydroxylation is 1. The van der Waals surface area contributed by atoms with Crippen molar-refractivity contribution in [2.75, 3.05) is 11.4 Å². The van der Waals surface area contributed by atoms with E-state index in [2.05, 4.69) is 11.0 Å². The first-order valence-electron chi connectivity index (χ1n) is 6.26. The van der Waals surface area contributed by atoms with Crippen molar-refractivity contribution in [3.63, 3.8) is 0 Å². The topological polar surface area (TPSA) is 27.0 Å². The van der Waals surface area contributed by atoms with Crippen LogP contribution in [0.2, 0.25) is 0 Å². The summed E-state index contributed by atoms with van der Waals surface area (Å²) in [6, 6.07) is 12.8. The first-order chi connectivity index (χ1) is 9.19. The van der Waals surface area contributed by atoms with Crippen molar-refractivity contribution in [2.45, 2.75) is 13.3 Å². The van der Waals surface area contributed by atoms with Gasteiger partial charge in [0, 0.05) is 17.9 Å². The van der Waals surface area contributed by atoms with Crippen LogP contribution in [-0.4, -0.2) is 6.54 Å². The van der Waals surface area contributed by atoms with Crippen molar-refractivity contribution < 1.29 is 4.39 Å². The summed E-state index contributed by atoms with van der Waals surface area (Å²) in [5, 5.41) is 8.96. The smallest absolute Gasteiger partial charge is 0.125 e. The zero-order valence-electron chi connectivity index (χ0n) is 10.7. The van der Waals surface area contributed by atoms with Crippen molar-refractivity contribution in [3.8, 4) is 6.07 Å². The summed E-state index contributed by atoms with van der Waals surface area (Å²) in [6.07, 6.45) is 0.925. The summed E-state index contributed by atoms with van der Waals surface area (Å²) in [5.41, 5.74) is 4.75. The molecule has 0 unspecified atom stereocenters. The van der Waals surface area contributed by atoms with Gasteiger partial charge in [-0.1, -0.05) is 6.07 Å². The number of nitrogens with zero attached hydrogens (tertiary/aromatic N) is 2. The third-order valence-corrected chi connectivity index (χ3v) is 3.59. The number of benzene rings is 2. The molecule has 0 aromatic heterocycles. The van der Waals surface area contributed by atoms with Gasteiger partial charge >= 0.3 is 0 Å². The second-order valence-electron chi connectivity index (χ2n) is 4.79. The van der Waals surface area contributed by atoms with Gasteiger partial charge in [-0.2, -0.15) is 5.26 Å². The number of hydrogen-bond donors (Lipinski definition) is 0. The normalized spacial score (nSPS) is 13.2. The Bertz CT molecular complexity index is 686. The van der Waals surface area contributed by atoms with E-state index in [1.165, 1.54) is 11.6 Å². The van der Waals surface area contributed by atoms with E-state index >= 15 is 0 Å². The highest BCUT2D eigenvalue weighted by molar-refractivity contribution is 5.70. The van der Waals surface area contributed by atoms with Gasteiger partial charge in [-0.25, -0.2) is 4.39 Å². The zero-order valence-corrected chi connectivity index (χ0v) is 10.7. The first-order valence-corrected chi connectivity index (χ1v) is 6.26. The number of anilines is 2. The van der Waals surface area contributed by atoms with Crippen LogP contribution >= 0.6 is 0 Å². The first kappa shape index (κ1) is 11.7. The molecule has 0 spiro atoms. The van der Waals surface area contributed by atoms with Crippen molar-refractivity contribution in [2.24, 2.45) is 0 Å². The van der Waals surface area contributed by atoms with Gasteiger partial charge in [0.25, 0.3) is 0 Å². The maximum atomic E-state index is 13.4. The van der Waals surface area contributed by atoms with Crippen LogP contribution in [0.4, 0.5) is 15.8 Å². The van der Waals surface area contributed by atoms with E-state index in [9.17, 15) is 4.39 Å². The van der Waals surface area contributed by atoms with Crippen LogP contribution in [-0.2, 0) is 6.42 Å². The molecule has 2 aromatic rings. The molecule has 2 nitrogen and oxygen atoms in total. The highest BCUT2D eigenvalue weighted by atomic mass is 19.1. The van der Waals surface area contributed by atoms with Crippen LogP contribution < -0.4 is 4.90 Å². The second-order valence-corrected chi connectivity index (χ2v) is 4.79. The van der Waals surface area contributed by atoms with E-state index in [1.54, 1.807) is 6.07 Å². The molecule has 94 valence electrons. The van der Waals surface area contributed by atoms with E-state index in [4.69, 9.17) is 5.26 Å². The molecule has 0 radical (unpaired) electrons. The zero-order chi connectivity index (χ0) is 13.4. The number of halogens is 1. The number of nitriles is 1. The molecule has 3 rings (SSSR count). The van der Waals surface area contributed by atoms with Crippen LogP contribution in [0.15, 0.2) is 36.4 Å². The summed E-state index contributed by atoms with van der Waals surface area (Å²) in [5.74, 6) is -0.212. The van der Waals surface area contributed by atoms with Crippen LogP contribution in [0.1, 0.15) is 16.7 Å². The van der Waals surface area contributed by atoms with Gasteiger partial charge in [0.05, 0.1) is 11.6 Å². The SMILES string of the molecule is Cc1cc(N2CCc3ccc(F)cc32)ccc1C#N.